The largest absolute Gasteiger partial charge is 0.398 e. The Hall–Kier alpha value is -1.98. The first kappa shape index (κ1) is 11.8. The fourth-order valence-electron chi connectivity index (χ4n) is 3.83. The van der Waals surface area contributed by atoms with Gasteiger partial charge in [-0.05, 0) is 59.7 Å². The lowest BCUT2D eigenvalue weighted by atomic mass is 9.95. The van der Waals surface area contributed by atoms with Gasteiger partial charge in [-0.2, -0.15) is 0 Å². The van der Waals surface area contributed by atoms with Gasteiger partial charge in [0.2, 0.25) is 0 Å². The molecule has 0 spiro atoms. The Kier molecular flexibility index (Phi) is 2.52. The number of hydrogen-bond acceptors (Lipinski definition) is 4. The van der Waals surface area contributed by atoms with E-state index >= 15 is 0 Å². The molecule has 3 unspecified atom stereocenters. The van der Waals surface area contributed by atoms with Crippen molar-refractivity contribution in [2.75, 3.05) is 5.73 Å². The van der Waals surface area contributed by atoms with Crippen LogP contribution in [-0.4, -0.2) is 20.2 Å². The number of nitrogens with two attached hydrogens (primary N) is 1. The summed E-state index contributed by atoms with van der Waals surface area (Å²) in [4.78, 5) is 0. The van der Waals surface area contributed by atoms with Crippen molar-refractivity contribution in [2.24, 2.45) is 11.8 Å². The summed E-state index contributed by atoms with van der Waals surface area (Å²) >= 11 is 0. The van der Waals surface area contributed by atoms with Gasteiger partial charge >= 0.3 is 0 Å². The Balaban J connectivity index is 1.77. The molecule has 0 aliphatic heterocycles. The number of hydrogen-bond donors (Lipinski definition) is 1. The second-order valence-corrected chi connectivity index (χ2v) is 5.92. The molecule has 1 heterocycles. The fraction of sp³-hybridized carbons (Fsp3) is 0.500. The highest BCUT2D eigenvalue weighted by molar-refractivity contribution is 5.71. The molecule has 2 bridgehead atoms. The number of halogens is 1. The highest BCUT2D eigenvalue weighted by Crippen LogP contribution is 2.51. The first-order chi connectivity index (χ1) is 9.72. The summed E-state index contributed by atoms with van der Waals surface area (Å²) in [5.41, 5.74) is 7.04. The molecule has 0 saturated heterocycles. The summed E-state index contributed by atoms with van der Waals surface area (Å²) < 4.78 is 15.3. The number of nitrogens with zero attached hydrogens (tertiary/aromatic N) is 4. The van der Waals surface area contributed by atoms with E-state index in [1.807, 2.05) is 4.68 Å². The molecule has 2 aliphatic rings. The Bertz CT molecular complexity index is 653. The average Bonchev–Trinajstić information content (AvgIpc) is 3.15. The third kappa shape index (κ3) is 1.71. The van der Waals surface area contributed by atoms with Gasteiger partial charge in [-0.3, -0.25) is 0 Å². The fourth-order valence-corrected chi connectivity index (χ4v) is 3.83. The maximum absolute atomic E-state index is 13.5. The highest BCUT2D eigenvalue weighted by atomic mass is 19.1. The van der Waals surface area contributed by atoms with Crippen LogP contribution in [-0.2, 0) is 0 Å². The standard InChI is InChI=1S/C14H16FN5/c15-10-3-4-12(16)11(7-10)14-17-18-19-20(14)13-6-8-1-2-9(13)5-8/h3-4,7-9,13H,1-2,5-6,16H2. The van der Waals surface area contributed by atoms with Gasteiger partial charge in [0.25, 0.3) is 0 Å². The van der Waals surface area contributed by atoms with E-state index < -0.39 is 0 Å². The maximum Gasteiger partial charge on any atom is 0.184 e. The summed E-state index contributed by atoms with van der Waals surface area (Å²) in [6.45, 7) is 0. The average molecular weight is 273 g/mol. The summed E-state index contributed by atoms with van der Waals surface area (Å²) in [5.74, 6) is 1.71. The van der Waals surface area contributed by atoms with Gasteiger partial charge in [0.15, 0.2) is 5.82 Å². The quantitative estimate of drug-likeness (QED) is 0.853. The zero-order valence-electron chi connectivity index (χ0n) is 11.0. The van der Waals surface area contributed by atoms with Crippen LogP contribution in [0.15, 0.2) is 18.2 Å². The summed E-state index contributed by atoms with van der Waals surface area (Å²) in [6, 6.07) is 4.65. The molecule has 104 valence electrons. The molecular weight excluding hydrogens is 257 g/mol. The molecular formula is C14H16FN5. The van der Waals surface area contributed by atoms with Gasteiger partial charge in [-0.15, -0.1) is 5.10 Å². The molecule has 2 N–H and O–H groups in total. The number of tetrazole rings is 1. The van der Waals surface area contributed by atoms with Gasteiger partial charge in [0.1, 0.15) is 5.82 Å². The van der Waals surface area contributed by atoms with Crippen LogP contribution in [0.4, 0.5) is 10.1 Å². The van der Waals surface area contributed by atoms with Crippen molar-refractivity contribution in [3.63, 3.8) is 0 Å². The van der Waals surface area contributed by atoms with Crippen LogP contribution in [0.2, 0.25) is 0 Å². The Morgan fingerprint density at radius 2 is 2.15 bits per heavy atom. The lowest BCUT2D eigenvalue weighted by Crippen LogP contribution is -2.18. The van der Waals surface area contributed by atoms with E-state index in [2.05, 4.69) is 15.5 Å². The van der Waals surface area contributed by atoms with Crippen molar-refractivity contribution in [1.29, 1.82) is 0 Å². The van der Waals surface area contributed by atoms with Crippen LogP contribution in [0.1, 0.15) is 31.7 Å². The number of fused-ring (bicyclic) bond motifs is 2. The number of rotatable bonds is 2. The summed E-state index contributed by atoms with van der Waals surface area (Å²) in [5, 5.41) is 12.0. The van der Waals surface area contributed by atoms with E-state index in [9.17, 15) is 4.39 Å². The minimum atomic E-state index is -0.323. The number of anilines is 1. The Morgan fingerprint density at radius 3 is 2.90 bits per heavy atom. The van der Waals surface area contributed by atoms with Crippen molar-refractivity contribution in [1.82, 2.24) is 20.2 Å². The lowest BCUT2D eigenvalue weighted by Gasteiger charge is -2.22. The highest BCUT2D eigenvalue weighted by Gasteiger charge is 2.42. The predicted octanol–water partition coefficient (Wildman–Crippen LogP) is 2.42. The summed E-state index contributed by atoms with van der Waals surface area (Å²) in [7, 11) is 0. The van der Waals surface area contributed by atoms with E-state index in [4.69, 9.17) is 5.73 Å². The zero-order chi connectivity index (χ0) is 13.7. The van der Waals surface area contributed by atoms with Crippen LogP contribution in [0.25, 0.3) is 11.4 Å². The molecule has 20 heavy (non-hydrogen) atoms. The van der Waals surface area contributed by atoms with Crippen LogP contribution in [0.5, 0.6) is 0 Å². The molecule has 1 aromatic carbocycles. The molecule has 1 aromatic heterocycles. The molecule has 2 saturated carbocycles. The molecule has 2 aromatic rings. The summed E-state index contributed by atoms with van der Waals surface area (Å²) in [6.07, 6.45) is 4.95. The Labute approximate surface area is 116 Å². The minimum Gasteiger partial charge on any atom is -0.398 e. The van der Waals surface area contributed by atoms with E-state index in [1.165, 1.54) is 31.4 Å². The van der Waals surface area contributed by atoms with Gasteiger partial charge in [0, 0.05) is 11.3 Å². The zero-order valence-corrected chi connectivity index (χ0v) is 11.0. The second kappa shape index (κ2) is 4.26. The first-order valence-electron chi connectivity index (χ1n) is 7.05. The van der Waals surface area contributed by atoms with E-state index in [0.717, 1.165) is 12.3 Å². The number of nitrogen functional groups attached to an aromatic ring is 1. The monoisotopic (exact) mass is 273 g/mol. The van der Waals surface area contributed by atoms with E-state index in [1.54, 1.807) is 6.07 Å². The molecule has 2 fully saturated rings. The van der Waals surface area contributed by atoms with Gasteiger partial charge in [0.05, 0.1) is 6.04 Å². The van der Waals surface area contributed by atoms with Gasteiger partial charge < -0.3 is 5.73 Å². The molecule has 0 amide bonds. The lowest BCUT2D eigenvalue weighted by molar-refractivity contribution is 0.304. The smallest absolute Gasteiger partial charge is 0.184 e. The van der Waals surface area contributed by atoms with Crippen molar-refractivity contribution in [3.8, 4) is 11.4 Å². The third-order valence-electron chi connectivity index (χ3n) is 4.76. The molecule has 3 atom stereocenters. The SMILES string of the molecule is Nc1ccc(F)cc1-c1nnnn1C1CC2CCC1C2. The normalized spacial score (nSPS) is 28.1. The number of aromatic nitrogens is 4. The third-order valence-corrected chi connectivity index (χ3v) is 4.76. The van der Waals surface area contributed by atoms with Gasteiger partial charge in [-0.25, -0.2) is 9.07 Å². The molecule has 6 heteroatoms. The van der Waals surface area contributed by atoms with Crippen molar-refractivity contribution in [3.05, 3.63) is 24.0 Å². The van der Waals surface area contributed by atoms with Gasteiger partial charge in [-0.1, -0.05) is 6.42 Å². The predicted molar refractivity (Wildman–Crippen MR) is 72.1 cm³/mol. The Morgan fingerprint density at radius 1 is 1.25 bits per heavy atom. The molecule has 5 nitrogen and oxygen atoms in total. The van der Waals surface area contributed by atoms with Crippen molar-refractivity contribution < 1.29 is 4.39 Å². The van der Waals surface area contributed by atoms with Crippen LogP contribution >= 0.6 is 0 Å². The van der Waals surface area contributed by atoms with Crippen molar-refractivity contribution in [2.45, 2.75) is 31.7 Å². The van der Waals surface area contributed by atoms with Crippen molar-refractivity contribution >= 4 is 5.69 Å². The topological polar surface area (TPSA) is 69.6 Å². The van der Waals surface area contributed by atoms with E-state index in [0.29, 0.717) is 29.0 Å². The second-order valence-electron chi connectivity index (χ2n) is 5.92. The molecule has 0 radical (unpaired) electrons. The number of benzene rings is 1. The van der Waals surface area contributed by atoms with Crippen LogP contribution in [0.3, 0.4) is 0 Å². The van der Waals surface area contributed by atoms with E-state index in [-0.39, 0.29) is 5.82 Å². The maximum atomic E-state index is 13.5. The molecule has 2 aliphatic carbocycles. The van der Waals surface area contributed by atoms with Crippen LogP contribution < -0.4 is 5.73 Å². The first-order valence-corrected chi connectivity index (χ1v) is 7.05. The minimum absolute atomic E-state index is 0.323. The molecule has 4 rings (SSSR count). The van der Waals surface area contributed by atoms with Crippen LogP contribution in [0, 0.1) is 17.7 Å².